The average molecular weight is 362 g/mol. The zero-order valence-electron chi connectivity index (χ0n) is 16.2. The largest absolute Gasteiger partial charge is 0.469 e. The smallest absolute Gasteiger partial charge is 0.407 e. The van der Waals surface area contributed by atoms with Crippen molar-refractivity contribution in [2.24, 2.45) is 5.41 Å². The highest BCUT2D eigenvalue weighted by molar-refractivity contribution is 5.72. The Morgan fingerprint density at radius 2 is 1.77 bits per heavy atom. The van der Waals surface area contributed by atoms with Crippen LogP contribution in [0.4, 0.5) is 4.79 Å². The van der Waals surface area contributed by atoms with Gasteiger partial charge in [-0.3, -0.25) is 9.69 Å². The molecule has 0 saturated carbocycles. The van der Waals surface area contributed by atoms with Crippen LogP contribution in [-0.4, -0.2) is 59.8 Å². The van der Waals surface area contributed by atoms with Crippen molar-refractivity contribution in [2.75, 3.05) is 26.7 Å². The molecule has 26 heavy (non-hydrogen) atoms. The lowest BCUT2D eigenvalue weighted by Gasteiger charge is -2.42. The number of hydrogen-bond donors (Lipinski definition) is 1. The third kappa shape index (κ3) is 6.02. The van der Waals surface area contributed by atoms with Crippen LogP contribution in [-0.2, 0) is 22.5 Å². The average Bonchev–Trinajstić information content (AvgIpc) is 2.55. The standard InChI is InChI=1S/C20H30N2O4/c1-20(2,3)12-17-14-21(9-10-22(17)19(24)25)13-16-7-5-15(6-8-16)11-18(23)26-4/h5-8,17H,9-14H2,1-4H3,(H,24,25)/t17-/m0/s1. The molecule has 6 heteroatoms. The normalized spacial score (nSPS) is 18.6. The van der Waals surface area contributed by atoms with Crippen molar-refractivity contribution in [3.05, 3.63) is 35.4 Å². The van der Waals surface area contributed by atoms with Gasteiger partial charge >= 0.3 is 12.1 Å². The lowest BCUT2D eigenvalue weighted by molar-refractivity contribution is -0.139. The predicted octanol–water partition coefficient (Wildman–Crippen LogP) is 3.00. The van der Waals surface area contributed by atoms with Crippen LogP contribution in [0.2, 0.25) is 0 Å². The van der Waals surface area contributed by atoms with Crippen LogP contribution in [0, 0.1) is 5.41 Å². The number of benzene rings is 1. The molecule has 1 N–H and O–H groups in total. The molecule has 1 aliphatic rings. The predicted molar refractivity (Wildman–Crippen MR) is 100 cm³/mol. The van der Waals surface area contributed by atoms with Gasteiger partial charge in [0.05, 0.1) is 13.5 Å². The Morgan fingerprint density at radius 3 is 2.31 bits per heavy atom. The molecular formula is C20H30N2O4. The number of carboxylic acid groups (broad SMARTS) is 1. The van der Waals surface area contributed by atoms with Crippen LogP contribution in [0.3, 0.4) is 0 Å². The third-order valence-electron chi connectivity index (χ3n) is 4.67. The summed E-state index contributed by atoms with van der Waals surface area (Å²) >= 11 is 0. The second-order valence-corrected chi connectivity index (χ2v) is 8.20. The molecule has 1 aliphatic heterocycles. The van der Waals surface area contributed by atoms with E-state index in [2.05, 4.69) is 30.4 Å². The summed E-state index contributed by atoms with van der Waals surface area (Å²) in [4.78, 5) is 26.8. The Morgan fingerprint density at radius 1 is 1.15 bits per heavy atom. The van der Waals surface area contributed by atoms with Gasteiger partial charge in [0, 0.05) is 32.2 Å². The molecule has 0 radical (unpaired) electrons. The minimum absolute atomic E-state index is 0.0137. The summed E-state index contributed by atoms with van der Waals surface area (Å²) in [7, 11) is 1.39. The number of carbonyl (C=O) groups is 2. The Bertz CT molecular complexity index is 622. The van der Waals surface area contributed by atoms with Gasteiger partial charge in [-0.2, -0.15) is 0 Å². The summed E-state index contributed by atoms with van der Waals surface area (Å²) in [5, 5.41) is 9.47. The second-order valence-electron chi connectivity index (χ2n) is 8.20. The molecule has 144 valence electrons. The number of amides is 1. The number of nitrogens with zero attached hydrogens (tertiary/aromatic N) is 2. The highest BCUT2D eigenvalue weighted by Crippen LogP contribution is 2.26. The molecule has 0 aromatic heterocycles. The van der Waals surface area contributed by atoms with Crippen LogP contribution in [0.1, 0.15) is 38.3 Å². The minimum Gasteiger partial charge on any atom is -0.469 e. The maximum atomic E-state index is 11.5. The van der Waals surface area contributed by atoms with Crippen molar-refractivity contribution in [1.82, 2.24) is 9.80 Å². The molecule has 1 fully saturated rings. The summed E-state index contributed by atoms with van der Waals surface area (Å²) < 4.78 is 4.69. The summed E-state index contributed by atoms with van der Waals surface area (Å²) in [5.74, 6) is -0.243. The maximum Gasteiger partial charge on any atom is 0.407 e. The molecule has 6 nitrogen and oxygen atoms in total. The summed E-state index contributed by atoms with van der Waals surface area (Å²) in [5.41, 5.74) is 2.18. The van der Waals surface area contributed by atoms with Gasteiger partial charge in [-0.15, -0.1) is 0 Å². The fraction of sp³-hybridized carbons (Fsp3) is 0.600. The van der Waals surface area contributed by atoms with E-state index in [0.717, 1.165) is 37.2 Å². The minimum atomic E-state index is -0.828. The molecule has 1 saturated heterocycles. The zero-order valence-corrected chi connectivity index (χ0v) is 16.2. The number of rotatable bonds is 5. The third-order valence-corrected chi connectivity index (χ3v) is 4.67. The molecule has 1 atom stereocenters. The van der Waals surface area contributed by atoms with E-state index in [4.69, 9.17) is 0 Å². The van der Waals surface area contributed by atoms with Crippen LogP contribution < -0.4 is 0 Å². The van der Waals surface area contributed by atoms with E-state index in [-0.39, 0.29) is 23.8 Å². The summed E-state index contributed by atoms with van der Waals surface area (Å²) in [6.45, 7) is 9.23. The SMILES string of the molecule is COC(=O)Cc1ccc(CN2CCN(C(=O)O)[C@@H](CC(C)(C)C)C2)cc1. The van der Waals surface area contributed by atoms with E-state index in [0.29, 0.717) is 6.54 Å². The molecule has 0 unspecified atom stereocenters. The fourth-order valence-electron chi connectivity index (χ4n) is 3.46. The molecule has 1 amide bonds. The number of methoxy groups -OCH3 is 1. The lowest BCUT2D eigenvalue weighted by Crippen LogP contribution is -2.55. The van der Waals surface area contributed by atoms with Gasteiger partial charge < -0.3 is 14.7 Å². The lowest BCUT2D eigenvalue weighted by atomic mass is 9.86. The number of ether oxygens (including phenoxy) is 1. The van der Waals surface area contributed by atoms with Gasteiger partial charge in [0.15, 0.2) is 0 Å². The van der Waals surface area contributed by atoms with Crippen molar-refractivity contribution in [1.29, 1.82) is 0 Å². The maximum absolute atomic E-state index is 11.5. The van der Waals surface area contributed by atoms with Gasteiger partial charge in [0.25, 0.3) is 0 Å². The number of hydrogen-bond acceptors (Lipinski definition) is 4. The number of esters is 1. The number of piperazine rings is 1. The zero-order chi connectivity index (χ0) is 19.3. The van der Waals surface area contributed by atoms with Crippen molar-refractivity contribution in [3.8, 4) is 0 Å². The van der Waals surface area contributed by atoms with E-state index >= 15 is 0 Å². The van der Waals surface area contributed by atoms with Gasteiger partial charge in [0.2, 0.25) is 0 Å². The quantitative estimate of drug-likeness (QED) is 0.816. The van der Waals surface area contributed by atoms with E-state index in [1.807, 2.05) is 24.3 Å². The Balaban J connectivity index is 1.99. The van der Waals surface area contributed by atoms with Crippen molar-refractivity contribution >= 4 is 12.1 Å². The Hall–Kier alpha value is -2.08. The molecular weight excluding hydrogens is 332 g/mol. The molecule has 1 aromatic carbocycles. The monoisotopic (exact) mass is 362 g/mol. The molecule has 2 rings (SSSR count). The molecule has 0 bridgehead atoms. The van der Waals surface area contributed by atoms with Crippen molar-refractivity contribution in [2.45, 2.75) is 46.2 Å². The van der Waals surface area contributed by atoms with Gasteiger partial charge in [0.1, 0.15) is 0 Å². The van der Waals surface area contributed by atoms with Gasteiger partial charge in [-0.1, -0.05) is 45.0 Å². The van der Waals surface area contributed by atoms with Crippen molar-refractivity contribution in [3.63, 3.8) is 0 Å². The Labute approximate surface area is 155 Å². The molecule has 0 spiro atoms. The highest BCUT2D eigenvalue weighted by atomic mass is 16.5. The number of carbonyl (C=O) groups excluding carboxylic acids is 1. The van der Waals surface area contributed by atoms with E-state index < -0.39 is 6.09 Å². The highest BCUT2D eigenvalue weighted by Gasteiger charge is 2.33. The molecule has 1 aromatic rings. The van der Waals surface area contributed by atoms with Crippen LogP contribution >= 0.6 is 0 Å². The Kier molecular flexibility index (Phi) is 6.64. The fourth-order valence-corrected chi connectivity index (χ4v) is 3.46. The van der Waals surface area contributed by atoms with E-state index in [9.17, 15) is 14.7 Å². The first-order valence-corrected chi connectivity index (χ1v) is 9.04. The summed E-state index contributed by atoms with van der Waals surface area (Å²) in [6.07, 6.45) is 0.293. The van der Waals surface area contributed by atoms with E-state index in [1.54, 1.807) is 4.90 Å². The van der Waals surface area contributed by atoms with Crippen LogP contribution in [0.15, 0.2) is 24.3 Å². The van der Waals surface area contributed by atoms with Gasteiger partial charge in [-0.25, -0.2) is 4.79 Å². The van der Waals surface area contributed by atoms with Crippen LogP contribution in [0.5, 0.6) is 0 Å². The first-order valence-electron chi connectivity index (χ1n) is 9.04. The topological polar surface area (TPSA) is 70.1 Å². The summed E-state index contributed by atoms with van der Waals surface area (Å²) in [6, 6.07) is 7.97. The first-order chi connectivity index (χ1) is 12.2. The molecule has 1 heterocycles. The first kappa shape index (κ1) is 20.2. The molecule has 0 aliphatic carbocycles. The van der Waals surface area contributed by atoms with Crippen LogP contribution in [0.25, 0.3) is 0 Å². The second kappa shape index (κ2) is 8.54. The van der Waals surface area contributed by atoms with Gasteiger partial charge in [-0.05, 0) is 23.0 Å². The van der Waals surface area contributed by atoms with E-state index in [1.165, 1.54) is 7.11 Å². The van der Waals surface area contributed by atoms with Crippen molar-refractivity contribution < 1.29 is 19.4 Å².